The smallest absolute Gasteiger partial charge is 0.134 e. The molecule has 0 spiro atoms. The number of nitrogens with one attached hydrogen (secondary N) is 1. The molecule has 3 aromatic rings. The largest absolute Gasteiger partial charge is 0.494 e. The number of aromatic nitrogens is 1. The number of nitrogens with zero attached hydrogens (tertiary/aromatic N) is 1. The number of pyridine rings is 1. The maximum atomic E-state index is 5.53. The van der Waals surface area contributed by atoms with Gasteiger partial charge in [0.25, 0.3) is 0 Å². The van der Waals surface area contributed by atoms with E-state index in [1.165, 1.54) is 10.9 Å². The maximum Gasteiger partial charge on any atom is 0.134 e. The van der Waals surface area contributed by atoms with Crippen LogP contribution in [0, 0.1) is 0 Å². The Labute approximate surface area is 124 Å². The summed E-state index contributed by atoms with van der Waals surface area (Å²) in [6.07, 6.45) is 1.83. The number of fused-ring (bicyclic) bond motifs is 1. The van der Waals surface area contributed by atoms with E-state index < -0.39 is 0 Å². The van der Waals surface area contributed by atoms with Gasteiger partial charge in [0.2, 0.25) is 0 Å². The SMILES string of the molecule is CCOc1cccc(CNc2nccc3ccccc23)c1. The van der Waals surface area contributed by atoms with Crippen LogP contribution in [-0.2, 0) is 6.54 Å². The standard InChI is InChI=1S/C18H18N2O/c1-2-21-16-8-5-6-14(12-16)13-20-18-17-9-4-3-7-15(17)10-11-19-18/h3-12H,2,13H2,1H3,(H,19,20). The average molecular weight is 278 g/mol. The molecule has 106 valence electrons. The second-order valence-corrected chi connectivity index (χ2v) is 4.81. The van der Waals surface area contributed by atoms with Crippen molar-refractivity contribution in [3.05, 3.63) is 66.4 Å². The fourth-order valence-corrected chi connectivity index (χ4v) is 2.36. The first-order valence-corrected chi connectivity index (χ1v) is 7.16. The quantitative estimate of drug-likeness (QED) is 0.757. The van der Waals surface area contributed by atoms with Crippen molar-refractivity contribution in [2.24, 2.45) is 0 Å². The highest BCUT2D eigenvalue weighted by molar-refractivity contribution is 5.91. The van der Waals surface area contributed by atoms with Crippen LogP contribution < -0.4 is 10.1 Å². The maximum absolute atomic E-state index is 5.53. The molecule has 0 aliphatic carbocycles. The Bertz CT molecular complexity index is 735. The zero-order valence-electron chi connectivity index (χ0n) is 12.0. The van der Waals surface area contributed by atoms with Crippen molar-refractivity contribution in [3.8, 4) is 5.75 Å². The third-order valence-corrected chi connectivity index (χ3v) is 3.34. The molecule has 0 aliphatic heterocycles. The van der Waals surface area contributed by atoms with Gasteiger partial charge in [-0.3, -0.25) is 0 Å². The van der Waals surface area contributed by atoms with Crippen LogP contribution in [0.25, 0.3) is 10.8 Å². The van der Waals surface area contributed by atoms with E-state index in [0.717, 1.165) is 23.5 Å². The zero-order valence-corrected chi connectivity index (χ0v) is 12.0. The Morgan fingerprint density at radius 1 is 1.05 bits per heavy atom. The zero-order chi connectivity index (χ0) is 14.5. The van der Waals surface area contributed by atoms with Gasteiger partial charge in [-0.2, -0.15) is 0 Å². The summed E-state index contributed by atoms with van der Waals surface area (Å²) in [7, 11) is 0. The third-order valence-electron chi connectivity index (χ3n) is 3.34. The van der Waals surface area contributed by atoms with E-state index in [9.17, 15) is 0 Å². The van der Waals surface area contributed by atoms with Crippen LogP contribution in [0.5, 0.6) is 5.75 Å². The van der Waals surface area contributed by atoms with Gasteiger partial charge in [0.1, 0.15) is 11.6 Å². The Morgan fingerprint density at radius 3 is 2.86 bits per heavy atom. The van der Waals surface area contributed by atoms with Crippen molar-refractivity contribution < 1.29 is 4.74 Å². The summed E-state index contributed by atoms with van der Waals surface area (Å²) in [6.45, 7) is 3.40. The molecule has 21 heavy (non-hydrogen) atoms. The Morgan fingerprint density at radius 2 is 1.95 bits per heavy atom. The minimum Gasteiger partial charge on any atom is -0.494 e. The van der Waals surface area contributed by atoms with Crippen molar-refractivity contribution in [3.63, 3.8) is 0 Å². The molecule has 1 heterocycles. The normalized spacial score (nSPS) is 10.5. The summed E-state index contributed by atoms with van der Waals surface area (Å²) in [5.74, 6) is 1.82. The summed E-state index contributed by atoms with van der Waals surface area (Å²) < 4.78 is 5.53. The van der Waals surface area contributed by atoms with E-state index in [-0.39, 0.29) is 0 Å². The van der Waals surface area contributed by atoms with E-state index in [2.05, 4.69) is 34.6 Å². The third kappa shape index (κ3) is 3.14. The minimum atomic E-state index is 0.682. The lowest BCUT2D eigenvalue weighted by atomic mass is 10.1. The molecule has 1 N–H and O–H groups in total. The summed E-state index contributed by atoms with van der Waals surface area (Å²) in [4.78, 5) is 4.44. The van der Waals surface area contributed by atoms with Gasteiger partial charge in [-0.15, -0.1) is 0 Å². The fourth-order valence-electron chi connectivity index (χ4n) is 2.36. The first-order chi connectivity index (χ1) is 10.4. The first-order valence-electron chi connectivity index (χ1n) is 7.16. The molecule has 0 bridgehead atoms. The highest BCUT2D eigenvalue weighted by Crippen LogP contribution is 2.21. The van der Waals surface area contributed by atoms with Gasteiger partial charge < -0.3 is 10.1 Å². The van der Waals surface area contributed by atoms with Crippen LogP contribution in [0.15, 0.2) is 60.8 Å². The van der Waals surface area contributed by atoms with Gasteiger partial charge in [-0.05, 0) is 36.1 Å². The molecule has 3 heteroatoms. The molecule has 1 aromatic heterocycles. The Hall–Kier alpha value is -2.55. The molecule has 0 saturated heterocycles. The number of ether oxygens (including phenoxy) is 1. The number of anilines is 1. The van der Waals surface area contributed by atoms with Crippen molar-refractivity contribution in [2.45, 2.75) is 13.5 Å². The predicted molar refractivity (Wildman–Crippen MR) is 86.7 cm³/mol. The lowest BCUT2D eigenvalue weighted by Crippen LogP contribution is -2.02. The van der Waals surface area contributed by atoms with Crippen LogP contribution in [-0.4, -0.2) is 11.6 Å². The van der Waals surface area contributed by atoms with E-state index in [1.807, 2.05) is 43.5 Å². The molecule has 3 rings (SSSR count). The molecule has 0 radical (unpaired) electrons. The molecule has 0 amide bonds. The number of hydrogen-bond acceptors (Lipinski definition) is 3. The van der Waals surface area contributed by atoms with Gasteiger partial charge >= 0.3 is 0 Å². The molecular formula is C18H18N2O. The van der Waals surface area contributed by atoms with Gasteiger partial charge in [-0.1, -0.05) is 36.4 Å². The van der Waals surface area contributed by atoms with Crippen molar-refractivity contribution in [2.75, 3.05) is 11.9 Å². The Balaban J connectivity index is 1.79. The van der Waals surface area contributed by atoms with Crippen LogP contribution in [0.1, 0.15) is 12.5 Å². The second-order valence-electron chi connectivity index (χ2n) is 4.81. The van der Waals surface area contributed by atoms with Gasteiger partial charge in [0.05, 0.1) is 6.61 Å². The van der Waals surface area contributed by atoms with Crippen LogP contribution in [0.4, 0.5) is 5.82 Å². The predicted octanol–water partition coefficient (Wildman–Crippen LogP) is 4.25. The lowest BCUT2D eigenvalue weighted by molar-refractivity contribution is 0.340. The molecule has 0 aliphatic rings. The van der Waals surface area contributed by atoms with Crippen molar-refractivity contribution >= 4 is 16.6 Å². The number of rotatable bonds is 5. The molecular weight excluding hydrogens is 260 g/mol. The van der Waals surface area contributed by atoms with Gasteiger partial charge in [-0.25, -0.2) is 4.98 Å². The van der Waals surface area contributed by atoms with Crippen LogP contribution in [0.3, 0.4) is 0 Å². The highest BCUT2D eigenvalue weighted by atomic mass is 16.5. The molecule has 0 fully saturated rings. The Kier molecular flexibility index (Phi) is 4.01. The number of hydrogen-bond donors (Lipinski definition) is 1. The minimum absolute atomic E-state index is 0.682. The monoisotopic (exact) mass is 278 g/mol. The summed E-state index contributed by atoms with van der Waals surface area (Å²) >= 11 is 0. The average Bonchev–Trinajstić information content (AvgIpc) is 2.53. The highest BCUT2D eigenvalue weighted by Gasteiger charge is 2.02. The van der Waals surface area contributed by atoms with E-state index in [4.69, 9.17) is 4.74 Å². The van der Waals surface area contributed by atoms with E-state index in [0.29, 0.717) is 6.61 Å². The molecule has 0 saturated carbocycles. The molecule has 2 aromatic carbocycles. The van der Waals surface area contributed by atoms with E-state index in [1.54, 1.807) is 0 Å². The molecule has 3 nitrogen and oxygen atoms in total. The van der Waals surface area contributed by atoms with Crippen LogP contribution in [0.2, 0.25) is 0 Å². The van der Waals surface area contributed by atoms with Crippen molar-refractivity contribution in [1.29, 1.82) is 0 Å². The first kappa shape index (κ1) is 13.4. The fraction of sp³-hybridized carbons (Fsp3) is 0.167. The summed E-state index contributed by atoms with van der Waals surface area (Å²) in [5, 5.41) is 5.74. The topological polar surface area (TPSA) is 34.1 Å². The van der Waals surface area contributed by atoms with Gasteiger partial charge in [0.15, 0.2) is 0 Å². The lowest BCUT2D eigenvalue weighted by Gasteiger charge is -2.10. The van der Waals surface area contributed by atoms with Crippen molar-refractivity contribution in [1.82, 2.24) is 4.98 Å². The summed E-state index contributed by atoms with van der Waals surface area (Å²) in [5.41, 5.74) is 1.18. The number of benzene rings is 2. The van der Waals surface area contributed by atoms with Crippen LogP contribution >= 0.6 is 0 Å². The molecule has 0 unspecified atom stereocenters. The van der Waals surface area contributed by atoms with E-state index >= 15 is 0 Å². The second kappa shape index (κ2) is 6.27. The summed E-state index contributed by atoms with van der Waals surface area (Å²) in [6, 6.07) is 18.4. The van der Waals surface area contributed by atoms with Gasteiger partial charge in [0, 0.05) is 18.1 Å². The molecule has 0 atom stereocenters.